The largest absolute Gasteiger partial charge is 0.457 e. The van der Waals surface area contributed by atoms with Crippen molar-refractivity contribution in [2.24, 2.45) is 5.14 Å². The molecule has 0 saturated heterocycles. The first-order chi connectivity index (χ1) is 12.3. The molecule has 0 aliphatic rings. The summed E-state index contributed by atoms with van der Waals surface area (Å²) in [6.07, 6.45) is 0. The molecule has 0 saturated carbocycles. The van der Waals surface area contributed by atoms with Gasteiger partial charge in [-0.3, -0.25) is 4.79 Å². The van der Waals surface area contributed by atoms with Crippen LogP contribution in [0.3, 0.4) is 0 Å². The van der Waals surface area contributed by atoms with Crippen LogP contribution in [0.1, 0.15) is 21.5 Å². The molecule has 6 heteroatoms. The highest BCUT2D eigenvalue weighted by Gasteiger charge is 2.10. The molecule has 2 N–H and O–H groups in total. The Morgan fingerprint density at radius 1 is 0.769 bits per heavy atom. The van der Waals surface area contributed by atoms with E-state index >= 15 is 0 Å². The molecule has 0 aliphatic carbocycles. The van der Waals surface area contributed by atoms with Crippen molar-refractivity contribution in [3.05, 3.63) is 89.5 Å². The van der Waals surface area contributed by atoms with Crippen molar-refractivity contribution in [3.8, 4) is 11.5 Å². The van der Waals surface area contributed by atoms with Crippen molar-refractivity contribution in [1.82, 2.24) is 0 Å². The number of rotatable bonds is 5. The lowest BCUT2D eigenvalue weighted by atomic mass is 10.0. The summed E-state index contributed by atoms with van der Waals surface area (Å²) in [6.45, 7) is 1.97. The third-order valence-electron chi connectivity index (χ3n) is 3.82. The Bertz CT molecular complexity index is 1020. The van der Waals surface area contributed by atoms with Gasteiger partial charge in [-0.25, -0.2) is 13.6 Å². The van der Waals surface area contributed by atoms with Crippen LogP contribution < -0.4 is 9.88 Å². The second kappa shape index (κ2) is 7.11. The van der Waals surface area contributed by atoms with Gasteiger partial charge in [-0.05, 0) is 55.5 Å². The van der Waals surface area contributed by atoms with Crippen molar-refractivity contribution < 1.29 is 17.9 Å². The lowest BCUT2D eigenvalue weighted by molar-refractivity contribution is 0.103. The van der Waals surface area contributed by atoms with Crippen LogP contribution in [0.4, 0.5) is 0 Å². The molecule has 0 bridgehead atoms. The van der Waals surface area contributed by atoms with Crippen LogP contribution in [0.25, 0.3) is 0 Å². The van der Waals surface area contributed by atoms with E-state index in [1.807, 2.05) is 19.1 Å². The Morgan fingerprint density at radius 3 is 1.65 bits per heavy atom. The minimum absolute atomic E-state index is 0.0175. The Labute approximate surface area is 152 Å². The molecule has 5 nitrogen and oxygen atoms in total. The lowest BCUT2D eigenvalue weighted by Gasteiger charge is -2.07. The van der Waals surface area contributed by atoms with Crippen LogP contribution in [0.2, 0.25) is 0 Å². The maximum Gasteiger partial charge on any atom is 0.238 e. The minimum Gasteiger partial charge on any atom is -0.457 e. The summed E-state index contributed by atoms with van der Waals surface area (Å²) < 4.78 is 28.1. The van der Waals surface area contributed by atoms with Gasteiger partial charge in [0.2, 0.25) is 10.0 Å². The van der Waals surface area contributed by atoms with Crippen molar-refractivity contribution in [2.45, 2.75) is 11.8 Å². The van der Waals surface area contributed by atoms with E-state index in [0.29, 0.717) is 22.6 Å². The van der Waals surface area contributed by atoms with Crippen molar-refractivity contribution in [1.29, 1.82) is 0 Å². The first-order valence-electron chi connectivity index (χ1n) is 7.85. The Hall–Kier alpha value is -2.96. The molecule has 3 aromatic rings. The van der Waals surface area contributed by atoms with Gasteiger partial charge in [0.25, 0.3) is 0 Å². The van der Waals surface area contributed by atoms with Crippen molar-refractivity contribution >= 4 is 15.8 Å². The highest BCUT2D eigenvalue weighted by Crippen LogP contribution is 2.23. The number of nitrogens with two attached hydrogens (primary N) is 1. The van der Waals surface area contributed by atoms with Gasteiger partial charge >= 0.3 is 0 Å². The van der Waals surface area contributed by atoms with Gasteiger partial charge in [-0.1, -0.05) is 29.8 Å². The van der Waals surface area contributed by atoms with E-state index in [1.54, 1.807) is 36.4 Å². The number of ketones is 1. The monoisotopic (exact) mass is 367 g/mol. The average molecular weight is 367 g/mol. The van der Waals surface area contributed by atoms with Crippen LogP contribution in [0, 0.1) is 6.92 Å². The first-order valence-corrected chi connectivity index (χ1v) is 9.40. The van der Waals surface area contributed by atoms with Gasteiger partial charge in [0, 0.05) is 11.1 Å². The molecule has 132 valence electrons. The van der Waals surface area contributed by atoms with Crippen LogP contribution in [0.15, 0.2) is 77.7 Å². The van der Waals surface area contributed by atoms with Crippen LogP contribution in [0.5, 0.6) is 11.5 Å². The fourth-order valence-electron chi connectivity index (χ4n) is 2.38. The molecule has 3 rings (SSSR count). The summed E-state index contributed by atoms with van der Waals surface area (Å²) in [4.78, 5) is 12.5. The maximum atomic E-state index is 12.4. The van der Waals surface area contributed by atoms with Gasteiger partial charge in [-0.15, -0.1) is 0 Å². The summed E-state index contributed by atoms with van der Waals surface area (Å²) >= 11 is 0. The normalized spacial score (nSPS) is 11.2. The predicted molar refractivity (Wildman–Crippen MR) is 98.9 cm³/mol. The van der Waals surface area contributed by atoms with E-state index in [0.717, 1.165) is 5.56 Å². The molecule has 0 aromatic heterocycles. The van der Waals surface area contributed by atoms with Crippen LogP contribution in [-0.2, 0) is 10.0 Å². The molecule has 0 heterocycles. The highest BCUT2D eigenvalue weighted by molar-refractivity contribution is 7.89. The van der Waals surface area contributed by atoms with Gasteiger partial charge < -0.3 is 4.74 Å². The number of primary sulfonamides is 1. The fourth-order valence-corrected chi connectivity index (χ4v) is 2.89. The summed E-state index contributed by atoms with van der Waals surface area (Å²) in [5, 5.41) is 5.06. The van der Waals surface area contributed by atoms with Gasteiger partial charge in [0.15, 0.2) is 5.78 Å². The molecule has 0 atom stereocenters. The molecule has 0 amide bonds. The summed E-state index contributed by atoms with van der Waals surface area (Å²) in [6, 6.07) is 19.9. The summed E-state index contributed by atoms with van der Waals surface area (Å²) in [5.41, 5.74) is 2.28. The molecule has 0 radical (unpaired) electrons. The topological polar surface area (TPSA) is 86.5 Å². The summed E-state index contributed by atoms with van der Waals surface area (Å²) in [5.74, 6) is 0.942. The Morgan fingerprint density at radius 2 is 1.19 bits per heavy atom. The van der Waals surface area contributed by atoms with E-state index < -0.39 is 10.0 Å². The van der Waals surface area contributed by atoms with Gasteiger partial charge in [0.05, 0.1) is 4.90 Å². The molecule has 0 fully saturated rings. The molecule has 0 spiro atoms. The zero-order valence-corrected chi connectivity index (χ0v) is 14.9. The van der Waals surface area contributed by atoms with E-state index in [-0.39, 0.29) is 10.7 Å². The first kappa shape index (κ1) is 17.8. The zero-order chi connectivity index (χ0) is 18.7. The van der Waals surface area contributed by atoms with Crippen LogP contribution >= 0.6 is 0 Å². The van der Waals surface area contributed by atoms with E-state index in [2.05, 4.69) is 0 Å². The quantitative estimate of drug-likeness (QED) is 0.697. The number of carbonyl (C=O) groups excluding carboxylic acids is 1. The molecule has 3 aromatic carbocycles. The number of benzene rings is 3. The number of hydrogen-bond donors (Lipinski definition) is 1. The summed E-state index contributed by atoms with van der Waals surface area (Å²) in [7, 11) is -3.73. The number of carbonyl (C=O) groups is 1. The fraction of sp³-hybridized carbons (Fsp3) is 0.0500. The highest BCUT2D eigenvalue weighted by atomic mass is 32.2. The van der Waals surface area contributed by atoms with E-state index in [9.17, 15) is 13.2 Å². The standard InChI is InChI=1S/C20H17NO4S/c1-14-2-4-15(5-3-14)20(22)16-6-8-17(9-7-16)25-18-10-12-19(13-11-18)26(21,23)24/h2-13H,1H3,(H2,21,23,24). The van der Waals surface area contributed by atoms with Gasteiger partial charge in [0.1, 0.15) is 11.5 Å². The number of hydrogen-bond acceptors (Lipinski definition) is 4. The predicted octanol–water partition coefficient (Wildman–Crippen LogP) is 3.67. The SMILES string of the molecule is Cc1ccc(C(=O)c2ccc(Oc3ccc(S(N)(=O)=O)cc3)cc2)cc1. The number of aryl methyl sites for hydroxylation is 1. The van der Waals surface area contributed by atoms with E-state index in [4.69, 9.17) is 9.88 Å². The van der Waals surface area contributed by atoms with Crippen molar-refractivity contribution in [2.75, 3.05) is 0 Å². The minimum atomic E-state index is -3.73. The Kier molecular flexibility index (Phi) is 4.88. The van der Waals surface area contributed by atoms with Crippen molar-refractivity contribution in [3.63, 3.8) is 0 Å². The van der Waals surface area contributed by atoms with Crippen LogP contribution in [-0.4, -0.2) is 14.2 Å². The molecular weight excluding hydrogens is 350 g/mol. The molecule has 26 heavy (non-hydrogen) atoms. The molecular formula is C20H17NO4S. The Balaban J connectivity index is 1.73. The lowest BCUT2D eigenvalue weighted by Crippen LogP contribution is -2.11. The second-order valence-corrected chi connectivity index (χ2v) is 7.40. The average Bonchev–Trinajstić information content (AvgIpc) is 2.62. The maximum absolute atomic E-state index is 12.4. The molecule has 0 unspecified atom stereocenters. The van der Waals surface area contributed by atoms with Gasteiger partial charge in [-0.2, -0.15) is 0 Å². The van der Waals surface area contributed by atoms with E-state index in [1.165, 1.54) is 24.3 Å². The zero-order valence-electron chi connectivity index (χ0n) is 14.0. The third-order valence-corrected chi connectivity index (χ3v) is 4.75. The number of sulfonamides is 1. The third kappa shape index (κ3) is 4.17. The number of ether oxygens (including phenoxy) is 1. The second-order valence-electron chi connectivity index (χ2n) is 5.84. The molecule has 0 aliphatic heterocycles. The smallest absolute Gasteiger partial charge is 0.238 e.